The molecule has 0 fully saturated rings. The smallest absolute Gasteiger partial charge is 0.164 e. The number of hydrogen-bond donors (Lipinski definition) is 0. The number of benzene rings is 9. The molecule has 4 aromatic heterocycles. The molecule has 0 radical (unpaired) electrons. The molecule has 13 rings (SSSR count). The fraction of sp³-hybridized carbons (Fsp3) is 0.0339. The molecule has 5 nitrogen and oxygen atoms in total. The summed E-state index contributed by atoms with van der Waals surface area (Å²) in [6.45, 7) is 4.00. The first-order chi connectivity index (χ1) is 32.2. The zero-order chi connectivity index (χ0) is 43.4. The molecular formula is C59H40N4OS. The average molecular weight is 853 g/mol. The van der Waals surface area contributed by atoms with Crippen molar-refractivity contribution < 1.29 is 4.42 Å². The van der Waals surface area contributed by atoms with Crippen LogP contribution in [0.2, 0.25) is 0 Å². The van der Waals surface area contributed by atoms with Crippen molar-refractivity contribution in [3.63, 3.8) is 0 Å². The number of furan rings is 1. The fourth-order valence-corrected chi connectivity index (χ4v) is 10.4. The van der Waals surface area contributed by atoms with Crippen LogP contribution in [0.5, 0.6) is 0 Å². The van der Waals surface area contributed by atoms with Gasteiger partial charge in [0, 0.05) is 69.7 Å². The molecular weight excluding hydrogens is 813 g/mol. The van der Waals surface area contributed by atoms with Crippen molar-refractivity contribution in [3.05, 3.63) is 206 Å². The van der Waals surface area contributed by atoms with Gasteiger partial charge in [-0.05, 0) is 83.4 Å². The lowest BCUT2D eigenvalue weighted by Crippen LogP contribution is -2.00. The van der Waals surface area contributed by atoms with E-state index in [1.54, 1.807) is 0 Å². The topological polar surface area (TPSA) is 56.7 Å². The largest absolute Gasteiger partial charge is 0.456 e. The summed E-state index contributed by atoms with van der Waals surface area (Å²) in [6.07, 6.45) is 0. The molecule has 65 heavy (non-hydrogen) atoms. The average Bonchev–Trinajstić information content (AvgIpc) is 4.06. The van der Waals surface area contributed by atoms with Crippen LogP contribution in [0.25, 0.3) is 126 Å². The zero-order valence-electron chi connectivity index (χ0n) is 35.7. The third-order valence-electron chi connectivity index (χ3n) is 12.3. The van der Waals surface area contributed by atoms with Gasteiger partial charge in [0.05, 0.1) is 11.0 Å². The minimum absolute atomic E-state index is 0.586. The van der Waals surface area contributed by atoms with Gasteiger partial charge < -0.3 is 8.98 Å². The maximum absolute atomic E-state index is 6.27. The Hall–Kier alpha value is -8.19. The maximum atomic E-state index is 6.27. The van der Waals surface area contributed by atoms with E-state index in [1.807, 2.05) is 79.8 Å². The highest BCUT2D eigenvalue weighted by molar-refractivity contribution is 7.25. The van der Waals surface area contributed by atoms with Crippen molar-refractivity contribution in [2.75, 3.05) is 0 Å². The van der Waals surface area contributed by atoms with Crippen molar-refractivity contribution in [2.45, 2.75) is 13.8 Å². The van der Waals surface area contributed by atoms with E-state index in [1.165, 1.54) is 58.7 Å². The lowest BCUT2D eigenvalue weighted by Gasteiger charge is -2.13. The van der Waals surface area contributed by atoms with Gasteiger partial charge >= 0.3 is 0 Å². The highest BCUT2D eigenvalue weighted by Gasteiger charge is 2.19. The van der Waals surface area contributed by atoms with Crippen molar-refractivity contribution in [1.29, 1.82) is 0 Å². The quantitative estimate of drug-likeness (QED) is 0.167. The Labute approximate surface area is 379 Å². The van der Waals surface area contributed by atoms with E-state index in [0.717, 1.165) is 49.8 Å². The third kappa shape index (κ3) is 6.57. The number of para-hydroxylation sites is 3. The van der Waals surface area contributed by atoms with Gasteiger partial charge in [0.1, 0.15) is 11.2 Å². The number of nitrogens with zero attached hydrogens (tertiary/aromatic N) is 4. The first-order valence-electron chi connectivity index (χ1n) is 22.1. The predicted molar refractivity (Wildman–Crippen MR) is 273 cm³/mol. The molecule has 6 heteroatoms. The van der Waals surface area contributed by atoms with E-state index in [0.29, 0.717) is 17.5 Å². The van der Waals surface area contributed by atoms with Gasteiger partial charge in [-0.15, -0.1) is 11.3 Å². The van der Waals surface area contributed by atoms with Crippen LogP contribution in [0.3, 0.4) is 0 Å². The first-order valence-corrected chi connectivity index (χ1v) is 22.9. The summed E-state index contributed by atoms with van der Waals surface area (Å²) in [5.74, 6) is 1.80. The predicted octanol–water partition coefficient (Wildman–Crippen LogP) is 16.6. The number of hydrogen-bond acceptors (Lipinski definition) is 5. The Morgan fingerprint density at radius 1 is 0.369 bits per heavy atom. The summed E-state index contributed by atoms with van der Waals surface area (Å²) < 4.78 is 11.3. The SMILES string of the molecule is CC.c1ccc(-c2nc(-c3ccc(-n4c5ccccc5c5cccc(-c6cccc(-c7ccc8c(c7)sc7ccccc78)c6)c54)cc3)nc(-c3ccc4c(c3)oc3ccccc34)n2)cc1. The van der Waals surface area contributed by atoms with E-state index < -0.39 is 0 Å². The molecule has 0 spiro atoms. The van der Waals surface area contributed by atoms with Crippen LogP contribution in [0.15, 0.2) is 211 Å². The molecule has 0 aliphatic heterocycles. The molecule has 0 aliphatic carbocycles. The molecule has 0 saturated carbocycles. The van der Waals surface area contributed by atoms with Gasteiger partial charge in [-0.1, -0.05) is 153 Å². The fourth-order valence-electron chi connectivity index (χ4n) is 9.27. The second kappa shape index (κ2) is 15.9. The van der Waals surface area contributed by atoms with Crippen molar-refractivity contribution in [1.82, 2.24) is 19.5 Å². The van der Waals surface area contributed by atoms with Crippen LogP contribution in [-0.2, 0) is 0 Å². The normalized spacial score (nSPS) is 11.5. The van der Waals surface area contributed by atoms with Gasteiger partial charge in [0.25, 0.3) is 0 Å². The molecule has 0 atom stereocenters. The highest BCUT2D eigenvalue weighted by atomic mass is 32.1. The Bertz CT molecular complexity index is 3920. The van der Waals surface area contributed by atoms with Crippen LogP contribution in [-0.4, -0.2) is 19.5 Å². The van der Waals surface area contributed by atoms with Crippen LogP contribution in [0, 0.1) is 0 Å². The Kier molecular flexibility index (Phi) is 9.39. The molecule has 13 aromatic rings. The lowest BCUT2D eigenvalue weighted by molar-refractivity contribution is 0.669. The molecule has 0 bridgehead atoms. The van der Waals surface area contributed by atoms with Crippen LogP contribution >= 0.6 is 11.3 Å². The van der Waals surface area contributed by atoms with Gasteiger partial charge in [-0.2, -0.15) is 0 Å². The van der Waals surface area contributed by atoms with Gasteiger partial charge in [0.15, 0.2) is 17.5 Å². The van der Waals surface area contributed by atoms with Gasteiger partial charge in [-0.3, -0.25) is 0 Å². The van der Waals surface area contributed by atoms with E-state index in [4.69, 9.17) is 19.4 Å². The monoisotopic (exact) mass is 852 g/mol. The van der Waals surface area contributed by atoms with Crippen LogP contribution in [0.1, 0.15) is 13.8 Å². The molecule has 0 saturated heterocycles. The molecule has 4 heterocycles. The summed E-state index contributed by atoms with van der Waals surface area (Å²) in [7, 11) is 0. The number of rotatable bonds is 6. The minimum atomic E-state index is 0.586. The maximum Gasteiger partial charge on any atom is 0.164 e. The highest BCUT2D eigenvalue weighted by Crippen LogP contribution is 2.41. The Morgan fingerprint density at radius 3 is 1.75 bits per heavy atom. The molecule has 0 N–H and O–H groups in total. The molecule has 0 aliphatic rings. The standard InChI is InChI=1S/C57H34N4OS.C2H6/c1-2-12-35(13-3-1)55-58-56(60-57(59-55)40-27-30-45-44-17-5-8-22-50(44)62-51(45)33-40)36-24-28-41(29-25-36)61-49-21-7-4-16-43(49)48-20-11-19-42(54(48)61)39-15-10-14-37(32-39)38-26-31-47-46-18-6-9-23-52(46)63-53(47)34-38;1-2/h1-34H;1-2H3. The van der Waals surface area contributed by atoms with Gasteiger partial charge in [0.2, 0.25) is 0 Å². The van der Waals surface area contributed by atoms with E-state index in [-0.39, 0.29) is 0 Å². The lowest BCUT2D eigenvalue weighted by atomic mass is 9.97. The summed E-state index contributed by atoms with van der Waals surface area (Å²) in [5.41, 5.74) is 12.5. The molecule has 0 amide bonds. The van der Waals surface area contributed by atoms with Crippen molar-refractivity contribution in [2.24, 2.45) is 0 Å². The van der Waals surface area contributed by atoms with Crippen LogP contribution < -0.4 is 0 Å². The van der Waals surface area contributed by atoms with Crippen molar-refractivity contribution in [3.8, 4) is 62.1 Å². The Morgan fingerprint density at radius 2 is 0.923 bits per heavy atom. The zero-order valence-corrected chi connectivity index (χ0v) is 36.6. The van der Waals surface area contributed by atoms with Crippen LogP contribution in [0.4, 0.5) is 0 Å². The number of aromatic nitrogens is 4. The van der Waals surface area contributed by atoms with Crippen molar-refractivity contribution >= 4 is 75.3 Å². The molecule has 0 unspecified atom stereocenters. The number of fused-ring (bicyclic) bond motifs is 9. The second-order valence-corrected chi connectivity index (χ2v) is 17.1. The van der Waals surface area contributed by atoms with Gasteiger partial charge in [-0.25, -0.2) is 15.0 Å². The molecule has 308 valence electrons. The molecule has 9 aromatic carbocycles. The van der Waals surface area contributed by atoms with E-state index in [9.17, 15) is 0 Å². The number of thiophene rings is 1. The second-order valence-electron chi connectivity index (χ2n) is 16.0. The van der Waals surface area contributed by atoms with E-state index >= 15 is 0 Å². The summed E-state index contributed by atoms with van der Waals surface area (Å²) in [5, 5.41) is 7.20. The first kappa shape index (κ1) is 38.5. The third-order valence-corrected chi connectivity index (χ3v) is 13.4. The van der Waals surface area contributed by atoms with E-state index in [2.05, 4.69) is 156 Å². The minimum Gasteiger partial charge on any atom is -0.456 e. The Balaban J connectivity index is 0.00000219. The summed E-state index contributed by atoms with van der Waals surface area (Å²) in [6, 6.07) is 72.9. The summed E-state index contributed by atoms with van der Waals surface area (Å²) in [4.78, 5) is 15.2. The summed E-state index contributed by atoms with van der Waals surface area (Å²) >= 11 is 1.86.